The standard InChI is InChI=1S/C14H16FN3/c1-10-7-12(4-5-13(10)15)14(18-16)8-11-3-2-6-17-9-11/h2-7,9,14,18H,8,16H2,1H3. The maximum absolute atomic E-state index is 13.2. The molecule has 1 heterocycles. The lowest BCUT2D eigenvalue weighted by molar-refractivity contribution is 0.547. The molecule has 1 unspecified atom stereocenters. The van der Waals surface area contributed by atoms with Crippen LogP contribution in [0.15, 0.2) is 42.7 Å². The third-order valence-corrected chi connectivity index (χ3v) is 2.95. The molecule has 0 aliphatic heterocycles. The van der Waals surface area contributed by atoms with Crippen molar-refractivity contribution in [3.63, 3.8) is 0 Å². The molecule has 18 heavy (non-hydrogen) atoms. The fourth-order valence-corrected chi connectivity index (χ4v) is 1.91. The predicted molar refractivity (Wildman–Crippen MR) is 69.1 cm³/mol. The lowest BCUT2D eigenvalue weighted by Crippen LogP contribution is -2.29. The van der Waals surface area contributed by atoms with Gasteiger partial charge in [0, 0.05) is 12.4 Å². The zero-order valence-electron chi connectivity index (χ0n) is 10.2. The van der Waals surface area contributed by atoms with E-state index in [1.165, 1.54) is 6.07 Å². The van der Waals surface area contributed by atoms with Crippen molar-refractivity contribution in [3.8, 4) is 0 Å². The van der Waals surface area contributed by atoms with Crippen LogP contribution in [0, 0.1) is 12.7 Å². The second-order valence-electron chi connectivity index (χ2n) is 4.29. The normalized spacial score (nSPS) is 12.4. The van der Waals surface area contributed by atoms with Crippen molar-refractivity contribution in [1.29, 1.82) is 0 Å². The molecule has 94 valence electrons. The van der Waals surface area contributed by atoms with Gasteiger partial charge in [-0.25, -0.2) is 4.39 Å². The molecule has 0 bridgehead atoms. The molecule has 2 rings (SSSR count). The van der Waals surface area contributed by atoms with Crippen molar-refractivity contribution < 1.29 is 4.39 Å². The zero-order valence-corrected chi connectivity index (χ0v) is 10.2. The van der Waals surface area contributed by atoms with Gasteiger partial charge in [-0.15, -0.1) is 0 Å². The van der Waals surface area contributed by atoms with Crippen LogP contribution in [0.2, 0.25) is 0 Å². The van der Waals surface area contributed by atoms with Gasteiger partial charge in [-0.05, 0) is 42.2 Å². The topological polar surface area (TPSA) is 50.9 Å². The number of halogens is 1. The van der Waals surface area contributed by atoms with Crippen LogP contribution in [-0.2, 0) is 6.42 Å². The summed E-state index contributed by atoms with van der Waals surface area (Å²) in [5.41, 5.74) is 5.45. The van der Waals surface area contributed by atoms with Crippen LogP contribution >= 0.6 is 0 Å². The van der Waals surface area contributed by atoms with Crippen LogP contribution in [0.4, 0.5) is 4.39 Å². The van der Waals surface area contributed by atoms with Crippen molar-refractivity contribution in [3.05, 3.63) is 65.2 Å². The lowest BCUT2D eigenvalue weighted by Gasteiger charge is -2.17. The minimum atomic E-state index is -0.198. The van der Waals surface area contributed by atoms with E-state index in [9.17, 15) is 4.39 Å². The smallest absolute Gasteiger partial charge is 0.126 e. The fraction of sp³-hybridized carbons (Fsp3) is 0.214. The first-order valence-corrected chi connectivity index (χ1v) is 5.82. The molecule has 1 aromatic heterocycles. The summed E-state index contributed by atoms with van der Waals surface area (Å²) in [6, 6.07) is 8.87. The fourth-order valence-electron chi connectivity index (χ4n) is 1.91. The number of nitrogens with zero attached hydrogens (tertiary/aromatic N) is 1. The van der Waals surface area contributed by atoms with Crippen LogP contribution in [0.3, 0.4) is 0 Å². The maximum atomic E-state index is 13.2. The summed E-state index contributed by atoms with van der Waals surface area (Å²) in [6.07, 6.45) is 4.26. The molecule has 0 fully saturated rings. The van der Waals surface area contributed by atoms with Gasteiger partial charge in [-0.3, -0.25) is 16.3 Å². The maximum Gasteiger partial charge on any atom is 0.126 e. The number of benzene rings is 1. The van der Waals surface area contributed by atoms with Gasteiger partial charge in [-0.1, -0.05) is 18.2 Å². The highest BCUT2D eigenvalue weighted by atomic mass is 19.1. The van der Waals surface area contributed by atoms with Gasteiger partial charge in [0.1, 0.15) is 5.82 Å². The third kappa shape index (κ3) is 2.91. The number of aromatic nitrogens is 1. The molecule has 0 radical (unpaired) electrons. The minimum Gasteiger partial charge on any atom is -0.271 e. The SMILES string of the molecule is Cc1cc(C(Cc2cccnc2)NN)ccc1F. The van der Waals surface area contributed by atoms with E-state index >= 15 is 0 Å². The summed E-state index contributed by atoms with van der Waals surface area (Å²) in [5.74, 6) is 5.38. The average Bonchev–Trinajstić information content (AvgIpc) is 2.40. The molecular weight excluding hydrogens is 229 g/mol. The lowest BCUT2D eigenvalue weighted by atomic mass is 9.99. The van der Waals surface area contributed by atoms with E-state index in [-0.39, 0.29) is 11.9 Å². The number of aryl methyl sites for hydroxylation is 1. The Morgan fingerprint density at radius 1 is 1.39 bits per heavy atom. The summed E-state index contributed by atoms with van der Waals surface area (Å²) in [5, 5.41) is 0. The number of hydrogen-bond acceptors (Lipinski definition) is 3. The molecule has 3 N–H and O–H groups in total. The highest BCUT2D eigenvalue weighted by Crippen LogP contribution is 2.19. The summed E-state index contributed by atoms with van der Waals surface area (Å²) >= 11 is 0. The van der Waals surface area contributed by atoms with Crippen molar-refractivity contribution in [2.75, 3.05) is 0 Å². The molecule has 0 amide bonds. The number of pyridine rings is 1. The quantitative estimate of drug-likeness (QED) is 0.642. The second-order valence-corrected chi connectivity index (χ2v) is 4.29. The Labute approximate surface area is 106 Å². The van der Waals surface area contributed by atoms with Gasteiger partial charge in [-0.2, -0.15) is 0 Å². The number of rotatable bonds is 4. The average molecular weight is 245 g/mol. The molecule has 4 heteroatoms. The molecule has 3 nitrogen and oxygen atoms in total. The predicted octanol–water partition coefficient (Wildman–Crippen LogP) is 2.28. The van der Waals surface area contributed by atoms with Crippen LogP contribution in [-0.4, -0.2) is 4.98 Å². The van der Waals surface area contributed by atoms with Gasteiger partial charge in [0.25, 0.3) is 0 Å². The molecular formula is C14H16FN3. The van der Waals surface area contributed by atoms with Crippen molar-refractivity contribution >= 4 is 0 Å². The van der Waals surface area contributed by atoms with E-state index in [0.717, 1.165) is 17.5 Å². The number of hydrazine groups is 1. The van der Waals surface area contributed by atoms with Crippen molar-refractivity contribution in [1.82, 2.24) is 10.4 Å². The van der Waals surface area contributed by atoms with E-state index in [0.29, 0.717) is 5.56 Å². The largest absolute Gasteiger partial charge is 0.271 e. The summed E-state index contributed by atoms with van der Waals surface area (Å²) < 4.78 is 13.2. The third-order valence-electron chi connectivity index (χ3n) is 2.95. The Kier molecular flexibility index (Phi) is 4.02. The minimum absolute atomic E-state index is 0.0477. The van der Waals surface area contributed by atoms with Gasteiger partial charge >= 0.3 is 0 Å². The molecule has 0 saturated heterocycles. The van der Waals surface area contributed by atoms with Gasteiger partial charge in [0.15, 0.2) is 0 Å². The molecule has 0 aliphatic rings. The molecule has 0 aliphatic carbocycles. The van der Waals surface area contributed by atoms with Crippen LogP contribution < -0.4 is 11.3 Å². The summed E-state index contributed by atoms with van der Waals surface area (Å²) in [7, 11) is 0. The summed E-state index contributed by atoms with van der Waals surface area (Å²) in [4.78, 5) is 4.07. The summed E-state index contributed by atoms with van der Waals surface area (Å²) in [6.45, 7) is 1.75. The van der Waals surface area contributed by atoms with E-state index in [2.05, 4.69) is 10.4 Å². The van der Waals surface area contributed by atoms with Gasteiger partial charge in [0.2, 0.25) is 0 Å². The molecule has 2 aromatic rings. The molecule has 1 atom stereocenters. The zero-order chi connectivity index (χ0) is 13.0. The Bertz CT molecular complexity index is 514. The Morgan fingerprint density at radius 2 is 2.22 bits per heavy atom. The molecule has 0 saturated carbocycles. The van der Waals surface area contributed by atoms with Gasteiger partial charge in [0.05, 0.1) is 6.04 Å². The van der Waals surface area contributed by atoms with E-state index in [4.69, 9.17) is 5.84 Å². The first-order chi connectivity index (χ1) is 8.70. The number of nitrogens with one attached hydrogen (secondary N) is 1. The Balaban J connectivity index is 2.20. The first kappa shape index (κ1) is 12.7. The van der Waals surface area contributed by atoms with Crippen LogP contribution in [0.5, 0.6) is 0 Å². The van der Waals surface area contributed by atoms with E-state index in [1.54, 1.807) is 25.4 Å². The number of nitrogens with two attached hydrogens (primary N) is 1. The van der Waals surface area contributed by atoms with E-state index in [1.807, 2.05) is 18.2 Å². The second kappa shape index (κ2) is 5.71. The molecule has 0 spiro atoms. The van der Waals surface area contributed by atoms with E-state index < -0.39 is 0 Å². The van der Waals surface area contributed by atoms with Crippen LogP contribution in [0.25, 0.3) is 0 Å². The number of hydrogen-bond donors (Lipinski definition) is 2. The van der Waals surface area contributed by atoms with Gasteiger partial charge < -0.3 is 0 Å². The highest BCUT2D eigenvalue weighted by molar-refractivity contribution is 5.28. The monoisotopic (exact) mass is 245 g/mol. The first-order valence-electron chi connectivity index (χ1n) is 5.82. The van der Waals surface area contributed by atoms with Crippen molar-refractivity contribution in [2.45, 2.75) is 19.4 Å². The molecule has 1 aromatic carbocycles. The van der Waals surface area contributed by atoms with Crippen LogP contribution in [0.1, 0.15) is 22.7 Å². The Morgan fingerprint density at radius 3 is 2.83 bits per heavy atom. The van der Waals surface area contributed by atoms with Crippen molar-refractivity contribution in [2.24, 2.45) is 5.84 Å². The Hall–Kier alpha value is -1.78. The highest BCUT2D eigenvalue weighted by Gasteiger charge is 2.11.